The molecule has 2 aromatic rings. The second kappa shape index (κ2) is 7.95. The predicted octanol–water partition coefficient (Wildman–Crippen LogP) is 4.53. The molecule has 0 atom stereocenters. The van der Waals surface area contributed by atoms with E-state index >= 15 is 0 Å². The summed E-state index contributed by atoms with van der Waals surface area (Å²) in [5.41, 5.74) is 1.25. The van der Waals surface area contributed by atoms with Gasteiger partial charge in [0.1, 0.15) is 0 Å². The van der Waals surface area contributed by atoms with E-state index in [1.54, 1.807) is 0 Å². The molecule has 1 aromatic heterocycles. The molecule has 0 unspecified atom stereocenters. The number of benzene rings is 1. The fourth-order valence-corrected chi connectivity index (χ4v) is 3.44. The van der Waals surface area contributed by atoms with Gasteiger partial charge in [-0.1, -0.05) is 37.6 Å². The van der Waals surface area contributed by atoms with E-state index in [1.165, 1.54) is 15.3 Å². The van der Waals surface area contributed by atoms with Crippen LogP contribution in [0.25, 0.3) is 0 Å². The molecule has 0 amide bonds. The van der Waals surface area contributed by atoms with E-state index in [1.807, 2.05) is 29.5 Å². The van der Waals surface area contributed by atoms with Gasteiger partial charge in [-0.15, -0.1) is 11.3 Å². The Kier molecular flexibility index (Phi) is 6.24. The van der Waals surface area contributed by atoms with Crippen LogP contribution in [0.5, 0.6) is 0 Å². The zero-order valence-electron chi connectivity index (χ0n) is 12.9. The second-order valence-corrected chi connectivity index (χ2v) is 7.40. The first kappa shape index (κ1) is 16.5. The lowest BCUT2D eigenvalue weighted by atomic mass is 10.2. The molecule has 4 heteroatoms. The van der Waals surface area contributed by atoms with Gasteiger partial charge in [0.05, 0.1) is 0 Å². The molecule has 0 radical (unpaired) electrons. The van der Waals surface area contributed by atoms with Crippen molar-refractivity contribution in [2.24, 2.45) is 0 Å². The molecule has 0 saturated carbocycles. The highest BCUT2D eigenvalue weighted by Crippen LogP contribution is 2.19. The highest BCUT2D eigenvalue weighted by molar-refractivity contribution is 7.11. The van der Waals surface area contributed by atoms with Crippen LogP contribution in [-0.4, -0.2) is 18.0 Å². The van der Waals surface area contributed by atoms with Crippen LogP contribution in [0.4, 0.5) is 0 Å². The molecule has 0 saturated heterocycles. The Hall–Kier alpha value is -0.870. The number of hydrogen-bond donors (Lipinski definition) is 1. The summed E-state index contributed by atoms with van der Waals surface area (Å²) in [7, 11) is 2.15. The molecular formula is C17H23ClN2S. The minimum Gasteiger partial charge on any atom is -0.310 e. The van der Waals surface area contributed by atoms with Gasteiger partial charge in [-0.05, 0) is 36.9 Å². The van der Waals surface area contributed by atoms with Crippen LogP contribution < -0.4 is 5.32 Å². The first-order chi connectivity index (χ1) is 10.0. The number of halogens is 1. The summed E-state index contributed by atoms with van der Waals surface area (Å²) < 4.78 is 0. The molecule has 0 bridgehead atoms. The van der Waals surface area contributed by atoms with Crippen molar-refractivity contribution < 1.29 is 0 Å². The molecule has 1 aromatic carbocycles. The van der Waals surface area contributed by atoms with E-state index in [-0.39, 0.29) is 0 Å². The van der Waals surface area contributed by atoms with Gasteiger partial charge in [-0.2, -0.15) is 0 Å². The second-order valence-electron chi connectivity index (χ2n) is 5.71. The molecule has 0 aliphatic heterocycles. The summed E-state index contributed by atoms with van der Waals surface area (Å²) in [6.45, 7) is 7.19. The largest absolute Gasteiger partial charge is 0.310 e. The number of rotatable bonds is 7. The smallest absolute Gasteiger partial charge is 0.0409 e. The summed E-state index contributed by atoms with van der Waals surface area (Å²) in [4.78, 5) is 5.12. The van der Waals surface area contributed by atoms with E-state index < -0.39 is 0 Å². The molecule has 0 fully saturated rings. The average Bonchev–Trinajstić information content (AvgIpc) is 2.83. The van der Waals surface area contributed by atoms with Crippen molar-refractivity contribution in [2.75, 3.05) is 7.05 Å². The fraction of sp³-hybridized carbons (Fsp3) is 0.412. The summed E-state index contributed by atoms with van der Waals surface area (Å²) in [5, 5.41) is 4.26. The van der Waals surface area contributed by atoms with Crippen LogP contribution in [0.2, 0.25) is 5.02 Å². The van der Waals surface area contributed by atoms with Gasteiger partial charge >= 0.3 is 0 Å². The van der Waals surface area contributed by atoms with E-state index in [2.05, 4.69) is 49.3 Å². The summed E-state index contributed by atoms with van der Waals surface area (Å²) >= 11 is 7.92. The first-order valence-corrected chi connectivity index (χ1v) is 8.46. The van der Waals surface area contributed by atoms with Crippen LogP contribution in [0, 0.1) is 0 Å². The zero-order valence-corrected chi connectivity index (χ0v) is 14.5. The van der Waals surface area contributed by atoms with Crippen LogP contribution in [0.15, 0.2) is 36.4 Å². The zero-order chi connectivity index (χ0) is 15.2. The quantitative estimate of drug-likeness (QED) is 0.805. The molecule has 1 heterocycles. The topological polar surface area (TPSA) is 15.3 Å². The normalized spacial score (nSPS) is 11.5. The SMILES string of the molecule is CC(C)NCc1ccc(CN(C)Cc2cccc(Cl)c2)s1. The molecular weight excluding hydrogens is 300 g/mol. The highest BCUT2D eigenvalue weighted by atomic mass is 35.5. The Morgan fingerprint density at radius 3 is 2.62 bits per heavy atom. The molecule has 0 aliphatic rings. The third-order valence-electron chi connectivity index (χ3n) is 3.17. The van der Waals surface area contributed by atoms with E-state index in [0.29, 0.717) is 6.04 Å². The van der Waals surface area contributed by atoms with Gasteiger partial charge in [0, 0.05) is 40.5 Å². The monoisotopic (exact) mass is 322 g/mol. The average molecular weight is 323 g/mol. The standard InChI is InChI=1S/C17H23ClN2S/c1-13(2)19-10-16-7-8-17(21-16)12-20(3)11-14-5-4-6-15(18)9-14/h4-9,13,19H,10-12H2,1-3H3. The first-order valence-electron chi connectivity index (χ1n) is 7.27. The van der Waals surface area contributed by atoms with Crippen molar-refractivity contribution in [1.82, 2.24) is 10.2 Å². The Bertz CT molecular complexity index is 565. The molecule has 2 nitrogen and oxygen atoms in total. The number of hydrogen-bond acceptors (Lipinski definition) is 3. The lowest BCUT2D eigenvalue weighted by Gasteiger charge is -2.15. The van der Waals surface area contributed by atoms with Gasteiger partial charge in [0.15, 0.2) is 0 Å². The van der Waals surface area contributed by atoms with Crippen molar-refractivity contribution in [3.8, 4) is 0 Å². The Morgan fingerprint density at radius 1 is 1.14 bits per heavy atom. The van der Waals surface area contributed by atoms with Gasteiger partial charge < -0.3 is 5.32 Å². The maximum atomic E-state index is 6.03. The summed E-state index contributed by atoms with van der Waals surface area (Å²) in [5.74, 6) is 0. The lowest BCUT2D eigenvalue weighted by Crippen LogP contribution is -2.21. The van der Waals surface area contributed by atoms with E-state index in [4.69, 9.17) is 11.6 Å². The molecule has 0 aliphatic carbocycles. The van der Waals surface area contributed by atoms with Crippen molar-refractivity contribution in [3.05, 3.63) is 56.7 Å². The Morgan fingerprint density at radius 2 is 1.90 bits per heavy atom. The lowest BCUT2D eigenvalue weighted by molar-refractivity contribution is 0.322. The van der Waals surface area contributed by atoms with Crippen LogP contribution in [0.3, 0.4) is 0 Å². The summed E-state index contributed by atoms with van der Waals surface area (Å²) in [6.07, 6.45) is 0. The van der Waals surface area contributed by atoms with Crippen LogP contribution in [-0.2, 0) is 19.6 Å². The van der Waals surface area contributed by atoms with Gasteiger partial charge in [-0.25, -0.2) is 0 Å². The highest BCUT2D eigenvalue weighted by Gasteiger charge is 2.06. The molecule has 0 spiro atoms. The van der Waals surface area contributed by atoms with Crippen molar-refractivity contribution >= 4 is 22.9 Å². The Balaban J connectivity index is 1.86. The van der Waals surface area contributed by atoms with Crippen LogP contribution in [0.1, 0.15) is 29.2 Å². The van der Waals surface area contributed by atoms with Gasteiger partial charge in [0.25, 0.3) is 0 Å². The van der Waals surface area contributed by atoms with E-state index in [0.717, 1.165) is 24.7 Å². The third-order valence-corrected chi connectivity index (χ3v) is 4.47. The summed E-state index contributed by atoms with van der Waals surface area (Å²) in [6, 6.07) is 13.1. The van der Waals surface area contributed by atoms with Crippen molar-refractivity contribution in [1.29, 1.82) is 0 Å². The number of nitrogens with zero attached hydrogens (tertiary/aromatic N) is 1. The van der Waals surface area contributed by atoms with Gasteiger partial charge in [-0.3, -0.25) is 4.90 Å². The van der Waals surface area contributed by atoms with E-state index in [9.17, 15) is 0 Å². The van der Waals surface area contributed by atoms with Gasteiger partial charge in [0.2, 0.25) is 0 Å². The van der Waals surface area contributed by atoms with Crippen molar-refractivity contribution in [3.63, 3.8) is 0 Å². The predicted molar refractivity (Wildman–Crippen MR) is 92.9 cm³/mol. The maximum absolute atomic E-state index is 6.03. The molecule has 114 valence electrons. The minimum atomic E-state index is 0.529. The molecule has 2 rings (SSSR count). The minimum absolute atomic E-state index is 0.529. The Labute approximate surface area is 136 Å². The maximum Gasteiger partial charge on any atom is 0.0409 e. The molecule has 1 N–H and O–H groups in total. The number of nitrogens with one attached hydrogen (secondary N) is 1. The molecule has 21 heavy (non-hydrogen) atoms. The fourth-order valence-electron chi connectivity index (χ4n) is 2.18. The van der Waals surface area contributed by atoms with Crippen molar-refractivity contribution in [2.45, 2.75) is 39.5 Å². The third kappa shape index (κ3) is 5.79. The van der Waals surface area contributed by atoms with Crippen LogP contribution >= 0.6 is 22.9 Å². The number of thiophene rings is 1.